The second-order valence-corrected chi connectivity index (χ2v) is 7.50. The summed E-state index contributed by atoms with van der Waals surface area (Å²) in [6.45, 7) is 2.55. The van der Waals surface area contributed by atoms with E-state index in [1.807, 2.05) is 67.6 Å². The highest BCUT2D eigenvalue weighted by Gasteiger charge is 2.12. The number of nitrogens with zero attached hydrogens (tertiary/aromatic N) is 2. The molecule has 0 saturated carbocycles. The smallest absolute Gasteiger partial charge is 0.262 e. The number of nitrogens with one attached hydrogen (secondary N) is 2. The zero-order chi connectivity index (χ0) is 22.6. The molecule has 33 heavy (non-hydrogen) atoms. The molecule has 0 aliphatic rings. The Labute approximate surface area is 190 Å². The third-order valence-electron chi connectivity index (χ3n) is 5.34. The van der Waals surface area contributed by atoms with E-state index in [1.54, 1.807) is 6.20 Å². The first-order valence-electron chi connectivity index (χ1n) is 10.8. The van der Waals surface area contributed by atoms with Crippen LogP contribution < -0.4 is 15.6 Å². The van der Waals surface area contributed by atoms with Crippen LogP contribution in [0.3, 0.4) is 0 Å². The molecule has 0 unspecified atom stereocenters. The Kier molecular flexibility index (Phi) is 5.55. The number of aromatic nitrogens is 3. The number of aromatic amines is 1. The summed E-state index contributed by atoms with van der Waals surface area (Å²) >= 11 is 0. The maximum absolute atomic E-state index is 13.0. The fraction of sp³-hybridized carbons (Fsp3) is 0.0741. The van der Waals surface area contributed by atoms with Crippen molar-refractivity contribution in [2.75, 3.05) is 11.9 Å². The Morgan fingerprint density at radius 1 is 0.848 bits per heavy atom. The lowest BCUT2D eigenvalue weighted by molar-refractivity contribution is 0.340. The molecule has 3 aromatic carbocycles. The number of hydrogen-bond donors (Lipinski definition) is 2. The van der Waals surface area contributed by atoms with Crippen LogP contribution in [0.15, 0.2) is 95.9 Å². The van der Waals surface area contributed by atoms with Gasteiger partial charge < -0.3 is 10.1 Å². The van der Waals surface area contributed by atoms with Gasteiger partial charge in [0.15, 0.2) is 5.65 Å². The first-order chi connectivity index (χ1) is 16.2. The van der Waals surface area contributed by atoms with Crippen LogP contribution in [0, 0.1) is 0 Å². The van der Waals surface area contributed by atoms with Gasteiger partial charge in [-0.05, 0) is 59.5 Å². The maximum atomic E-state index is 13.0. The van der Waals surface area contributed by atoms with E-state index >= 15 is 0 Å². The van der Waals surface area contributed by atoms with Gasteiger partial charge in [-0.25, -0.2) is 4.98 Å². The zero-order valence-electron chi connectivity index (χ0n) is 18.1. The molecule has 5 aromatic rings. The number of anilines is 2. The molecule has 2 heterocycles. The normalized spacial score (nSPS) is 10.8. The second-order valence-electron chi connectivity index (χ2n) is 7.50. The molecule has 0 amide bonds. The summed E-state index contributed by atoms with van der Waals surface area (Å²) in [7, 11) is 0. The largest absolute Gasteiger partial charge is 0.494 e. The summed E-state index contributed by atoms with van der Waals surface area (Å²) in [4.78, 5) is 24.7. The fourth-order valence-electron chi connectivity index (χ4n) is 3.77. The third kappa shape index (κ3) is 4.32. The Morgan fingerprint density at radius 3 is 2.27 bits per heavy atom. The van der Waals surface area contributed by atoms with Crippen molar-refractivity contribution in [2.24, 2.45) is 0 Å². The Balaban J connectivity index is 1.47. The van der Waals surface area contributed by atoms with Crippen molar-refractivity contribution < 1.29 is 4.74 Å². The lowest BCUT2D eigenvalue weighted by atomic mass is 9.99. The van der Waals surface area contributed by atoms with Crippen LogP contribution in [0.25, 0.3) is 33.3 Å². The first kappa shape index (κ1) is 20.5. The van der Waals surface area contributed by atoms with E-state index < -0.39 is 0 Å². The minimum Gasteiger partial charge on any atom is -0.494 e. The summed E-state index contributed by atoms with van der Waals surface area (Å²) in [6, 6.07) is 27.6. The number of benzene rings is 3. The number of hydrogen-bond acceptors (Lipinski definition) is 5. The summed E-state index contributed by atoms with van der Waals surface area (Å²) in [5.41, 5.74) is 4.91. The second kappa shape index (κ2) is 8.96. The lowest BCUT2D eigenvalue weighted by Crippen LogP contribution is -2.13. The number of fused-ring (bicyclic) bond motifs is 1. The van der Waals surface area contributed by atoms with Gasteiger partial charge >= 0.3 is 0 Å². The highest BCUT2D eigenvalue weighted by Crippen LogP contribution is 2.28. The number of H-pyrrole nitrogens is 1. The van der Waals surface area contributed by atoms with Crippen LogP contribution in [0.5, 0.6) is 5.75 Å². The SMILES string of the molecule is CCOc1ccc(Nc2nc3nccc(-c4ccc(-c5ccccc5)cc4)c3c(=O)[nH]2)cc1. The molecular formula is C27H22N4O2. The molecular weight excluding hydrogens is 412 g/mol. The molecule has 0 aliphatic heterocycles. The van der Waals surface area contributed by atoms with Crippen molar-refractivity contribution in [3.05, 3.63) is 101 Å². The van der Waals surface area contributed by atoms with Gasteiger partial charge in [0.05, 0.1) is 12.0 Å². The summed E-state index contributed by atoms with van der Waals surface area (Å²) < 4.78 is 5.46. The average molecular weight is 434 g/mol. The minimum atomic E-state index is -0.247. The van der Waals surface area contributed by atoms with Crippen LogP contribution >= 0.6 is 0 Å². The van der Waals surface area contributed by atoms with Crippen molar-refractivity contribution in [1.82, 2.24) is 15.0 Å². The van der Waals surface area contributed by atoms with Gasteiger partial charge in [0.2, 0.25) is 5.95 Å². The molecule has 0 atom stereocenters. The Hall–Kier alpha value is -4.45. The topological polar surface area (TPSA) is 79.9 Å². The van der Waals surface area contributed by atoms with Gasteiger partial charge in [-0.2, -0.15) is 4.98 Å². The predicted octanol–water partition coefficient (Wildman–Crippen LogP) is 5.79. The lowest BCUT2D eigenvalue weighted by Gasteiger charge is -2.10. The summed E-state index contributed by atoms with van der Waals surface area (Å²) in [5.74, 6) is 1.12. The Morgan fingerprint density at radius 2 is 1.55 bits per heavy atom. The number of rotatable bonds is 6. The maximum Gasteiger partial charge on any atom is 0.262 e. The van der Waals surface area contributed by atoms with E-state index in [0.29, 0.717) is 23.6 Å². The molecule has 0 radical (unpaired) electrons. The number of pyridine rings is 1. The van der Waals surface area contributed by atoms with Crippen LogP contribution in [-0.2, 0) is 0 Å². The molecule has 2 aromatic heterocycles. The summed E-state index contributed by atoms with van der Waals surface area (Å²) in [5, 5.41) is 3.59. The molecule has 6 heteroatoms. The van der Waals surface area contributed by atoms with Gasteiger partial charge in [-0.1, -0.05) is 54.6 Å². The predicted molar refractivity (Wildman–Crippen MR) is 132 cm³/mol. The molecule has 0 spiro atoms. The quantitative estimate of drug-likeness (QED) is 0.353. The van der Waals surface area contributed by atoms with Crippen LogP contribution in [0.2, 0.25) is 0 Å². The van der Waals surface area contributed by atoms with E-state index in [4.69, 9.17) is 4.74 Å². The van der Waals surface area contributed by atoms with Gasteiger partial charge in [0, 0.05) is 11.9 Å². The van der Waals surface area contributed by atoms with Crippen molar-refractivity contribution >= 4 is 22.7 Å². The molecule has 5 rings (SSSR count). The van der Waals surface area contributed by atoms with E-state index in [1.165, 1.54) is 0 Å². The molecule has 6 nitrogen and oxygen atoms in total. The van der Waals surface area contributed by atoms with Crippen molar-refractivity contribution in [1.29, 1.82) is 0 Å². The van der Waals surface area contributed by atoms with E-state index in [2.05, 4.69) is 44.5 Å². The molecule has 0 bridgehead atoms. The highest BCUT2D eigenvalue weighted by molar-refractivity contribution is 5.92. The van der Waals surface area contributed by atoms with Crippen LogP contribution in [-0.4, -0.2) is 21.6 Å². The zero-order valence-corrected chi connectivity index (χ0v) is 18.1. The van der Waals surface area contributed by atoms with Crippen molar-refractivity contribution in [2.45, 2.75) is 6.92 Å². The molecule has 162 valence electrons. The van der Waals surface area contributed by atoms with Crippen LogP contribution in [0.1, 0.15) is 6.92 Å². The van der Waals surface area contributed by atoms with Gasteiger partial charge in [-0.3, -0.25) is 9.78 Å². The van der Waals surface area contributed by atoms with Crippen molar-refractivity contribution in [3.8, 4) is 28.0 Å². The first-order valence-corrected chi connectivity index (χ1v) is 10.8. The molecule has 2 N–H and O–H groups in total. The van der Waals surface area contributed by atoms with Gasteiger partial charge in [-0.15, -0.1) is 0 Å². The Bertz CT molecular complexity index is 1440. The van der Waals surface area contributed by atoms with E-state index in [9.17, 15) is 4.79 Å². The monoisotopic (exact) mass is 434 g/mol. The van der Waals surface area contributed by atoms with Gasteiger partial charge in [0.25, 0.3) is 5.56 Å². The average Bonchev–Trinajstić information content (AvgIpc) is 2.86. The fourth-order valence-corrected chi connectivity index (χ4v) is 3.77. The van der Waals surface area contributed by atoms with Gasteiger partial charge in [0.1, 0.15) is 5.75 Å². The number of ether oxygens (including phenoxy) is 1. The third-order valence-corrected chi connectivity index (χ3v) is 5.34. The van der Waals surface area contributed by atoms with Crippen LogP contribution in [0.4, 0.5) is 11.6 Å². The standard InChI is InChI=1S/C27H22N4O2/c1-2-33-22-14-12-21(13-15-22)29-27-30-25-24(26(32)31-27)23(16-17-28-25)20-10-8-19(9-11-20)18-6-4-3-5-7-18/h3-17H,2H2,1H3,(H2,28,29,30,31,32). The van der Waals surface area contributed by atoms with Crippen molar-refractivity contribution in [3.63, 3.8) is 0 Å². The van der Waals surface area contributed by atoms with E-state index in [-0.39, 0.29) is 5.56 Å². The molecule has 0 saturated heterocycles. The molecule has 0 aliphatic carbocycles. The summed E-state index contributed by atoms with van der Waals surface area (Å²) in [6.07, 6.45) is 1.68. The van der Waals surface area contributed by atoms with E-state index in [0.717, 1.165) is 33.7 Å². The highest BCUT2D eigenvalue weighted by atomic mass is 16.5. The molecule has 0 fully saturated rings. The minimum absolute atomic E-state index is 0.247.